The lowest BCUT2D eigenvalue weighted by Crippen LogP contribution is -2.20. The molecule has 1 saturated carbocycles. The number of hydrogen-bond acceptors (Lipinski definition) is 4. The molecule has 1 atom stereocenters. The van der Waals surface area contributed by atoms with Crippen molar-refractivity contribution in [1.82, 2.24) is 9.97 Å². The van der Waals surface area contributed by atoms with E-state index in [1.54, 1.807) is 24.8 Å². The smallest absolute Gasteiger partial charge is 0.254 e. The molecule has 0 saturated heterocycles. The van der Waals surface area contributed by atoms with Gasteiger partial charge in [-0.1, -0.05) is 42.3 Å². The van der Waals surface area contributed by atoms with Crippen LogP contribution < -0.4 is 5.56 Å². The second kappa shape index (κ2) is 7.89. The molecule has 1 N–H and O–H groups in total. The standard InChI is InChI=1S/C18H20ClFN2O2S/c1-10-15(16(24-2)14-12(19)8-5-9-13(14)20)21-18(22-17(10)23)25-11-6-3-4-7-11/h5,8-9,11,16H,3-4,6-7H2,1-2H3,(H,21,22,23). The monoisotopic (exact) mass is 382 g/mol. The van der Waals surface area contributed by atoms with Gasteiger partial charge >= 0.3 is 0 Å². The minimum absolute atomic E-state index is 0.199. The molecule has 7 heteroatoms. The van der Waals surface area contributed by atoms with E-state index in [-0.39, 0.29) is 16.1 Å². The lowest BCUT2D eigenvalue weighted by atomic mass is 10.0. The molecule has 1 aromatic carbocycles. The molecule has 2 aromatic rings. The summed E-state index contributed by atoms with van der Waals surface area (Å²) in [6, 6.07) is 4.46. The average Bonchev–Trinajstić information content (AvgIpc) is 3.08. The topological polar surface area (TPSA) is 55.0 Å². The zero-order valence-corrected chi connectivity index (χ0v) is 15.7. The highest BCUT2D eigenvalue weighted by Crippen LogP contribution is 2.36. The Hall–Kier alpha value is -1.37. The third-order valence-corrected chi connectivity index (χ3v) is 6.04. The third kappa shape index (κ3) is 3.91. The number of methoxy groups -OCH3 is 1. The number of rotatable bonds is 5. The van der Waals surface area contributed by atoms with E-state index in [1.807, 2.05) is 0 Å². The first kappa shape index (κ1) is 18.4. The number of H-pyrrole nitrogens is 1. The first-order chi connectivity index (χ1) is 12.0. The molecule has 4 nitrogen and oxygen atoms in total. The molecule has 0 bridgehead atoms. The molecular weight excluding hydrogens is 363 g/mol. The summed E-state index contributed by atoms with van der Waals surface area (Å²) in [6.07, 6.45) is 3.80. The molecule has 1 fully saturated rings. The van der Waals surface area contributed by atoms with Gasteiger partial charge in [0.2, 0.25) is 0 Å². The van der Waals surface area contributed by atoms with E-state index in [9.17, 15) is 9.18 Å². The zero-order valence-electron chi connectivity index (χ0n) is 14.1. The van der Waals surface area contributed by atoms with Gasteiger partial charge in [0.1, 0.15) is 11.9 Å². The van der Waals surface area contributed by atoms with Gasteiger partial charge in [0.05, 0.1) is 5.69 Å². The van der Waals surface area contributed by atoms with Gasteiger partial charge in [0.15, 0.2) is 5.16 Å². The maximum absolute atomic E-state index is 14.4. The van der Waals surface area contributed by atoms with Crippen LogP contribution in [0.25, 0.3) is 0 Å². The molecule has 1 aliphatic carbocycles. The lowest BCUT2D eigenvalue weighted by Gasteiger charge is -2.20. The van der Waals surface area contributed by atoms with E-state index < -0.39 is 11.9 Å². The Morgan fingerprint density at radius 1 is 1.40 bits per heavy atom. The van der Waals surface area contributed by atoms with Crippen LogP contribution in [-0.2, 0) is 4.74 Å². The summed E-state index contributed by atoms with van der Waals surface area (Å²) >= 11 is 7.75. The van der Waals surface area contributed by atoms with Crippen molar-refractivity contribution in [1.29, 1.82) is 0 Å². The van der Waals surface area contributed by atoms with Gasteiger partial charge in [-0.05, 0) is 31.9 Å². The normalized spacial score (nSPS) is 16.3. The van der Waals surface area contributed by atoms with E-state index in [4.69, 9.17) is 16.3 Å². The molecule has 134 valence electrons. The lowest BCUT2D eigenvalue weighted by molar-refractivity contribution is 0.128. The number of ether oxygens (including phenoxy) is 1. The average molecular weight is 383 g/mol. The van der Waals surface area contributed by atoms with Gasteiger partial charge in [-0.15, -0.1) is 0 Å². The van der Waals surface area contributed by atoms with Crippen LogP contribution in [0.15, 0.2) is 28.2 Å². The quantitative estimate of drug-likeness (QED) is 0.765. The Bertz CT molecular complexity index is 801. The Balaban J connectivity index is 2.04. The van der Waals surface area contributed by atoms with E-state index in [0.717, 1.165) is 12.8 Å². The van der Waals surface area contributed by atoms with Crippen molar-refractivity contribution in [2.45, 2.75) is 49.1 Å². The highest BCUT2D eigenvalue weighted by atomic mass is 35.5. The van der Waals surface area contributed by atoms with Gasteiger partial charge in [0, 0.05) is 28.5 Å². The minimum Gasteiger partial charge on any atom is -0.370 e. The van der Waals surface area contributed by atoms with Crippen LogP contribution in [0.4, 0.5) is 4.39 Å². The summed E-state index contributed by atoms with van der Waals surface area (Å²) in [4.78, 5) is 19.8. The van der Waals surface area contributed by atoms with Crippen molar-refractivity contribution >= 4 is 23.4 Å². The highest BCUT2D eigenvalue weighted by molar-refractivity contribution is 7.99. The molecule has 1 aliphatic rings. The minimum atomic E-state index is -0.834. The van der Waals surface area contributed by atoms with E-state index >= 15 is 0 Å². The van der Waals surface area contributed by atoms with Crippen LogP contribution in [0.3, 0.4) is 0 Å². The number of nitrogens with one attached hydrogen (secondary N) is 1. The molecule has 1 heterocycles. The number of aromatic amines is 1. The van der Waals surface area contributed by atoms with Crippen molar-refractivity contribution in [2.75, 3.05) is 7.11 Å². The van der Waals surface area contributed by atoms with Crippen molar-refractivity contribution in [3.63, 3.8) is 0 Å². The molecule has 0 amide bonds. The largest absolute Gasteiger partial charge is 0.370 e. The maximum atomic E-state index is 14.4. The summed E-state index contributed by atoms with van der Waals surface area (Å²) in [7, 11) is 1.46. The van der Waals surface area contributed by atoms with Crippen LogP contribution in [-0.4, -0.2) is 22.3 Å². The summed E-state index contributed by atoms with van der Waals surface area (Å²) < 4.78 is 19.8. The number of aromatic nitrogens is 2. The second-order valence-electron chi connectivity index (χ2n) is 6.16. The van der Waals surface area contributed by atoms with Crippen LogP contribution in [0, 0.1) is 12.7 Å². The zero-order chi connectivity index (χ0) is 18.0. The maximum Gasteiger partial charge on any atom is 0.254 e. The van der Waals surface area contributed by atoms with E-state index in [2.05, 4.69) is 9.97 Å². The Labute approximate surface area is 155 Å². The number of nitrogens with zero attached hydrogens (tertiary/aromatic N) is 1. The fourth-order valence-electron chi connectivity index (χ4n) is 3.13. The van der Waals surface area contributed by atoms with Gasteiger partial charge < -0.3 is 9.72 Å². The van der Waals surface area contributed by atoms with Crippen molar-refractivity contribution in [3.8, 4) is 0 Å². The number of hydrogen-bond donors (Lipinski definition) is 1. The highest BCUT2D eigenvalue weighted by Gasteiger charge is 2.26. The first-order valence-corrected chi connectivity index (χ1v) is 9.51. The van der Waals surface area contributed by atoms with Gasteiger partial charge in [-0.2, -0.15) is 0 Å². The number of thioether (sulfide) groups is 1. The van der Waals surface area contributed by atoms with Crippen LogP contribution >= 0.6 is 23.4 Å². The molecule has 1 unspecified atom stereocenters. The fourth-order valence-corrected chi connectivity index (χ4v) is 4.58. The molecule has 0 aliphatic heterocycles. The molecule has 3 rings (SSSR count). The SMILES string of the molecule is COC(c1nc(SC2CCCC2)[nH]c(=O)c1C)c1c(F)cccc1Cl. The molecular formula is C18H20ClFN2O2S. The van der Waals surface area contributed by atoms with Gasteiger partial charge in [-0.3, -0.25) is 4.79 Å². The van der Waals surface area contributed by atoms with Crippen molar-refractivity contribution in [2.24, 2.45) is 0 Å². The molecule has 25 heavy (non-hydrogen) atoms. The molecule has 1 aromatic heterocycles. The second-order valence-corrected chi connectivity index (χ2v) is 7.85. The van der Waals surface area contributed by atoms with Crippen LogP contribution in [0.5, 0.6) is 0 Å². The Morgan fingerprint density at radius 2 is 2.12 bits per heavy atom. The number of benzene rings is 1. The predicted octanol–water partition coefficient (Wildman–Crippen LogP) is 4.64. The van der Waals surface area contributed by atoms with Gasteiger partial charge in [-0.25, -0.2) is 9.37 Å². The summed E-state index contributed by atoms with van der Waals surface area (Å²) in [5, 5.41) is 1.25. The van der Waals surface area contributed by atoms with Crippen LogP contribution in [0.1, 0.15) is 48.6 Å². The Morgan fingerprint density at radius 3 is 2.76 bits per heavy atom. The summed E-state index contributed by atoms with van der Waals surface area (Å²) in [5.74, 6) is -0.481. The van der Waals surface area contributed by atoms with Gasteiger partial charge in [0.25, 0.3) is 5.56 Å². The first-order valence-electron chi connectivity index (χ1n) is 8.25. The number of halogens is 2. The van der Waals surface area contributed by atoms with Crippen LogP contribution in [0.2, 0.25) is 5.02 Å². The summed E-state index contributed by atoms with van der Waals surface area (Å²) in [5.41, 5.74) is 0.769. The Kier molecular flexibility index (Phi) is 5.81. The fraction of sp³-hybridized carbons (Fsp3) is 0.444. The summed E-state index contributed by atoms with van der Waals surface area (Å²) in [6.45, 7) is 1.66. The molecule has 0 radical (unpaired) electrons. The molecule has 0 spiro atoms. The third-order valence-electron chi connectivity index (χ3n) is 4.49. The van der Waals surface area contributed by atoms with E-state index in [0.29, 0.717) is 21.7 Å². The van der Waals surface area contributed by atoms with E-state index in [1.165, 1.54) is 32.1 Å². The van der Waals surface area contributed by atoms with Crippen molar-refractivity contribution in [3.05, 3.63) is 56.2 Å². The predicted molar refractivity (Wildman–Crippen MR) is 98.0 cm³/mol. The van der Waals surface area contributed by atoms with Crippen molar-refractivity contribution < 1.29 is 9.13 Å².